The molecule has 1 heterocycles. The maximum absolute atomic E-state index is 12.0. The molecule has 0 aliphatic heterocycles. The molecule has 0 N–H and O–H groups in total. The third-order valence-electron chi connectivity index (χ3n) is 1.47. The molecule has 15 heavy (non-hydrogen) atoms. The van der Waals surface area contributed by atoms with E-state index in [1.807, 2.05) is 0 Å². The molecule has 0 saturated carbocycles. The standard InChI is InChI=1S/C9H7F3N2O/c10-9(11,12)8-13-5-7(6-14-8)3-1-2-4-15/h1,3-6H,2H2. The molecule has 0 aliphatic rings. The minimum Gasteiger partial charge on any atom is -0.303 e. The van der Waals surface area contributed by atoms with Crippen LogP contribution in [0.25, 0.3) is 6.08 Å². The number of alkyl halides is 3. The number of rotatable bonds is 3. The number of halogens is 3. The summed E-state index contributed by atoms with van der Waals surface area (Å²) in [4.78, 5) is 16.3. The number of nitrogens with zero attached hydrogens (tertiary/aromatic N) is 2. The average Bonchev–Trinajstić information content (AvgIpc) is 2.18. The number of aldehydes is 1. The fourth-order valence-electron chi connectivity index (χ4n) is 0.830. The second-order valence-corrected chi connectivity index (χ2v) is 2.64. The molecule has 0 unspecified atom stereocenters. The predicted molar refractivity (Wildman–Crippen MR) is 46.7 cm³/mol. The fourth-order valence-corrected chi connectivity index (χ4v) is 0.830. The van der Waals surface area contributed by atoms with E-state index in [0.29, 0.717) is 11.8 Å². The van der Waals surface area contributed by atoms with Gasteiger partial charge < -0.3 is 4.79 Å². The molecule has 0 aromatic carbocycles. The minimum atomic E-state index is -4.52. The van der Waals surface area contributed by atoms with E-state index in [9.17, 15) is 18.0 Å². The van der Waals surface area contributed by atoms with Crippen LogP contribution in [0.15, 0.2) is 18.5 Å². The largest absolute Gasteiger partial charge is 0.451 e. The summed E-state index contributed by atoms with van der Waals surface area (Å²) in [5, 5.41) is 0. The quantitative estimate of drug-likeness (QED) is 0.726. The van der Waals surface area contributed by atoms with Gasteiger partial charge in [0.15, 0.2) is 0 Å². The molecular weight excluding hydrogens is 209 g/mol. The third kappa shape index (κ3) is 3.49. The van der Waals surface area contributed by atoms with Crippen LogP contribution in [-0.2, 0) is 11.0 Å². The lowest BCUT2D eigenvalue weighted by Gasteiger charge is -2.03. The first-order valence-corrected chi connectivity index (χ1v) is 4.03. The van der Waals surface area contributed by atoms with Gasteiger partial charge in [-0.3, -0.25) is 0 Å². The van der Waals surface area contributed by atoms with Crippen LogP contribution in [-0.4, -0.2) is 16.3 Å². The lowest BCUT2D eigenvalue weighted by molar-refractivity contribution is -0.145. The lowest BCUT2D eigenvalue weighted by Crippen LogP contribution is -2.10. The highest BCUT2D eigenvalue weighted by Gasteiger charge is 2.34. The van der Waals surface area contributed by atoms with Crippen molar-refractivity contribution in [1.29, 1.82) is 0 Å². The molecule has 3 nitrogen and oxygen atoms in total. The number of allylic oxidation sites excluding steroid dienone is 1. The average molecular weight is 216 g/mol. The summed E-state index contributed by atoms with van der Waals surface area (Å²) in [6.45, 7) is 0. The maximum atomic E-state index is 12.0. The van der Waals surface area contributed by atoms with E-state index in [1.54, 1.807) is 0 Å². The van der Waals surface area contributed by atoms with Crippen molar-refractivity contribution in [3.05, 3.63) is 29.9 Å². The van der Waals surface area contributed by atoms with Crippen molar-refractivity contribution in [1.82, 2.24) is 9.97 Å². The highest BCUT2D eigenvalue weighted by molar-refractivity contribution is 5.57. The van der Waals surface area contributed by atoms with Gasteiger partial charge in [-0.1, -0.05) is 12.2 Å². The zero-order chi connectivity index (χ0) is 11.3. The first-order chi connectivity index (χ1) is 7.04. The summed E-state index contributed by atoms with van der Waals surface area (Å²) in [6.07, 6.45) is 1.47. The number of hydrogen-bond donors (Lipinski definition) is 0. The van der Waals surface area contributed by atoms with E-state index >= 15 is 0 Å². The number of aromatic nitrogens is 2. The zero-order valence-electron chi connectivity index (χ0n) is 7.53. The molecule has 1 rings (SSSR count). The van der Waals surface area contributed by atoms with Crippen molar-refractivity contribution in [2.24, 2.45) is 0 Å². The van der Waals surface area contributed by atoms with Crippen molar-refractivity contribution in [2.75, 3.05) is 0 Å². The van der Waals surface area contributed by atoms with Crippen LogP contribution >= 0.6 is 0 Å². The molecular formula is C9H7F3N2O. The number of carbonyl (C=O) groups excluding carboxylic acids is 1. The van der Waals surface area contributed by atoms with Crippen molar-refractivity contribution in [2.45, 2.75) is 12.6 Å². The molecule has 0 saturated heterocycles. The minimum absolute atomic E-state index is 0.209. The van der Waals surface area contributed by atoms with Crippen molar-refractivity contribution in [3.8, 4) is 0 Å². The van der Waals surface area contributed by atoms with E-state index in [2.05, 4.69) is 9.97 Å². The maximum Gasteiger partial charge on any atom is 0.451 e. The van der Waals surface area contributed by atoms with Gasteiger partial charge in [-0.25, -0.2) is 9.97 Å². The van der Waals surface area contributed by atoms with Crippen LogP contribution in [0.3, 0.4) is 0 Å². The first kappa shape index (κ1) is 11.4. The van der Waals surface area contributed by atoms with Crippen molar-refractivity contribution < 1.29 is 18.0 Å². The third-order valence-corrected chi connectivity index (χ3v) is 1.47. The van der Waals surface area contributed by atoms with Gasteiger partial charge in [-0.2, -0.15) is 13.2 Å². The number of hydrogen-bond acceptors (Lipinski definition) is 3. The topological polar surface area (TPSA) is 42.9 Å². The van der Waals surface area contributed by atoms with Crippen molar-refractivity contribution in [3.63, 3.8) is 0 Å². The predicted octanol–water partition coefficient (Wildman–Crippen LogP) is 2.10. The van der Waals surface area contributed by atoms with Gasteiger partial charge in [-0.05, 0) is 0 Å². The Labute approximate surface area is 83.7 Å². The first-order valence-electron chi connectivity index (χ1n) is 4.03. The van der Waals surface area contributed by atoms with Crippen LogP contribution < -0.4 is 0 Å². The van der Waals surface area contributed by atoms with Gasteiger partial charge >= 0.3 is 6.18 Å². The molecule has 0 aliphatic carbocycles. The van der Waals surface area contributed by atoms with Crippen LogP contribution in [0.5, 0.6) is 0 Å². The Morgan fingerprint density at radius 1 is 1.27 bits per heavy atom. The molecule has 1 aromatic heterocycles. The summed E-state index contributed by atoms with van der Waals surface area (Å²) in [5.41, 5.74) is 0.421. The van der Waals surface area contributed by atoms with E-state index in [-0.39, 0.29) is 6.42 Å². The summed E-state index contributed by atoms with van der Waals surface area (Å²) >= 11 is 0. The molecule has 0 atom stereocenters. The Morgan fingerprint density at radius 2 is 1.87 bits per heavy atom. The van der Waals surface area contributed by atoms with E-state index in [4.69, 9.17) is 0 Å². The Morgan fingerprint density at radius 3 is 2.33 bits per heavy atom. The Balaban J connectivity index is 2.77. The van der Waals surface area contributed by atoms with Gasteiger partial charge in [0.05, 0.1) is 0 Å². The molecule has 0 spiro atoms. The van der Waals surface area contributed by atoms with Crippen molar-refractivity contribution >= 4 is 12.4 Å². The molecule has 0 fully saturated rings. The molecule has 0 amide bonds. The molecule has 80 valence electrons. The van der Waals surface area contributed by atoms with Gasteiger partial charge in [0.2, 0.25) is 5.82 Å². The highest BCUT2D eigenvalue weighted by atomic mass is 19.4. The van der Waals surface area contributed by atoms with Crippen LogP contribution in [0.1, 0.15) is 17.8 Å². The lowest BCUT2D eigenvalue weighted by atomic mass is 10.3. The van der Waals surface area contributed by atoms with E-state index in [0.717, 1.165) is 12.4 Å². The molecule has 6 heteroatoms. The summed E-state index contributed by atoms with van der Waals surface area (Å²) in [5.74, 6) is -1.17. The molecule has 0 radical (unpaired) electrons. The van der Waals surface area contributed by atoms with Crippen LogP contribution in [0.4, 0.5) is 13.2 Å². The van der Waals surface area contributed by atoms with E-state index < -0.39 is 12.0 Å². The van der Waals surface area contributed by atoms with Gasteiger partial charge in [0.1, 0.15) is 6.29 Å². The summed E-state index contributed by atoms with van der Waals surface area (Å²) < 4.78 is 36.1. The van der Waals surface area contributed by atoms with Gasteiger partial charge in [0.25, 0.3) is 0 Å². The second-order valence-electron chi connectivity index (χ2n) is 2.64. The highest BCUT2D eigenvalue weighted by Crippen LogP contribution is 2.25. The fraction of sp³-hybridized carbons (Fsp3) is 0.222. The Bertz CT molecular complexity index is 357. The normalized spacial score (nSPS) is 11.9. The Hall–Kier alpha value is -1.72. The SMILES string of the molecule is O=CCC=Cc1cnc(C(F)(F)F)nc1. The Kier molecular flexibility index (Phi) is 3.54. The summed E-state index contributed by atoms with van der Waals surface area (Å²) in [7, 11) is 0. The second kappa shape index (κ2) is 4.68. The van der Waals surface area contributed by atoms with Gasteiger partial charge in [0, 0.05) is 24.4 Å². The molecule has 1 aromatic rings. The monoisotopic (exact) mass is 216 g/mol. The van der Waals surface area contributed by atoms with Crippen LogP contribution in [0, 0.1) is 0 Å². The smallest absolute Gasteiger partial charge is 0.303 e. The summed E-state index contributed by atoms with van der Waals surface area (Å²) in [6, 6.07) is 0. The van der Waals surface area contributed by atoms with Crippen LogP contribution in [0.2, 0.25) is 0 Å². The van der Waals surface area contributed by atoms with Gasteiger partial charge in [-0.15, -0.1) is 0 Å². The molecule has 0 bridgehead atoms. The number of carbonyl (C=O) groups is 1. The zero-order valence-corrected chi connectivity index (χ0v) is 7.53. The van der Waals surface area contributed by atoms with E-state index in [1.165, 1.54) is 12.2 Å².